The first-order valence-electron chi connectivity index (χ1n) is 9.34. The van der Waals surface area contributed by atoms with E-state index in [0.717, 1.165) is 0 Å². The van der Waals surface area contributed by atoms with Gasteiger partial charge in [-0.15, -0.1) is 0 Å². The predicted octanol–water partition coefficient (Wildman–Crippen LogP) is 8.58. The molecule has 0 radical (unpaired) electrons. The molecule has 0 aromatic heterocycles. The van der Waals surface area contributed by atoms with Crippen LogP contribution in [0.25, 0.3) is 0 Å². The molecule has 0 aliphatic carbocycles. The van der Waals surface area contributed by atoms with Crippen LogP contribution in [0, 0.1) is 13.8 Å². The van der Waals surface area contributed by atoms with Gasteiger partial charge in [-0.25, -0.2) is 0 Å². The predicted molar refractivity (Wildman–Crippen MR) is 123 cm³/mol. The minimum Gasteiger partial charge on any atom is -0.358 e. The van der Waals surface area contributed by atoms with E-state index in [-0.39, 0.29) is 43.7 Å². The van der Waals surface area contributed by atoms with Crippen LogP contribution in [0.3, 0.4) is 0 Å². The van der Waals surface area contributed by atoms with Gasteiger partial charge in [0.15, 0.2) is 0 Å². The molecule has 0 saturated carbocycles. The van der Waals surface area contributed by atoms with Gasteiger partial charge in [-0.05, 0) is 20.6 Å². The van der Waals surface area contributed by atoms with Crippen molar-refractivity contribution in [3.63, 3.8) is 0 Å². The van der Waals surface area contributed by atoms with E-state index in [4.69, 9.17) is 0 Å². The van der Waals surface area contributed by atoms with Crippen LogP contribution in [-0.2, 0) is 20.4 Å². The largest absolute Gasteiger partial charge is 2.00 e. The van der Waals surface area contributed by atoms with Gasteiger partial charge in [-0.2, -0.15) is 12.8 Å². The van der Waals surface area contributed by atoms with E-state index in [0.29, 0.717) is 20.6 Å². The molecule has 0 atom stereocenters. The summed E-state index contributed by atoms with van der Waals surface area (Å²) in [5.74, 6) is 0. The zero-order chi connectivity index (χ0) is 18.7. The first-order valence-corrected chi connectivity index (χ1v) is 12.4. The van der Waals surface area contributed by atoms with Gasteiger partial charge in [-0.1, -0.05) is 111 Å². The van der Waals surface area contributed by atoms with Crippen LogP contribution in [0.1, 0.15) is 95.9 Å². The summed E-state index contributed by atoms with van der Waals surface area (Å²) in [6.45, 7) is 29.2. The third kappa shape index (κ3) is 12.6. The number of rotatable bonds is 6. The van der Waals surface area contributed by atoms with Crippen molar-refractivity contribution in [2.45, 2.75) is 117 Å². The van der Waals surface area contributed by atoms with Crippen molar-refractivity contribution >= 4 is 15.8 Å². The first kappa shape index (κ1) is 31.2. The molecule has 0 nitrogen and oxygen atoms in total. The quantitative estimate of drug-likeness (QED) is 0.154. The molecule has 156 valence electrons. The van der Waals surface area contributed by atoms with Gasteiger partial charge >= 0.3 is 20.4 Å². The maximum atomic E-state index is 2.60. The zero-order valence-electron chi connectivity index (χ0n) is 19.6. The van der Waals surface area contributed by atoms with Crippen LogP contribution in [0.5, 0.6) is 0 Å². The summed E-state index contributed by atoms with van der Waals surface area (Å²) in [5.41, 5.74) is 0. The molecule has 25 heavy (non-hydrogen) atoms. The van der Waals surface area contributed by atoms with Crippen molar-refractivity contribution in [1.29, 1.82) is 0 Å². The number of hydrogen-bond donors (Lipinski definition) is 0. The molecule has 0 amide bonds. The van der Waals surface area contributed by atoms with Gasteiger partial charge in [0.1, 0.15) is 0 Å². The van der Waals surface area contributed by atoms with E-state index >= 15 is 0 Å². The van der Waals surface area contributed by atoms with Gasteiger partial charge < -0.3 is 13.8 Å². The summed E-state index contributed by atoms with van der Waals surface area (Å²) in [4.78, 5) is 0. The summed E-state index contributed by atoms with van der Waals surface area (Å²) >= 11 is 0. The summed E-state index contributed by atoms with van der Waals surface area (Å²) in [5, 5.41) is 1.85. The summed E-state index contributed by atoms with van der Waals surface area (Å²) in [6, 6.07) is 0. The van der Waals surface area contributed by atoms with E-state index < -0.39 is 0 Å². The molecule has 0 rings (SSSR count). The van der Waals surface area contributed by atoms with Crippen LogP contribution in [0.2, 0.25) is 0 Å². The zero-order valence-corrected chi connectivity index (χ0v) is 23.0. The van der Waals surface area contributed by atoms with E-state index in [1.54, 1.807) is 0 Å². The van der Waals surface area contributed by atoms with Crippen LogP contribution >= 0.6 is 15.8 Å². The van der Waals surface area contributed by atoms with Crippen LogP contribution in [0.15, 0.2) is 0 Å². The van der Waals surface area contributed by atoms with E-state index in [1.165, 1.54) is 25.2 Å². The van der Waals surface area contributed by atoms with Crippen molar-refractivity contribution in [2.75, 3.05) is 12.3 Å². The van der Waals surface area contributed by atoms with Gasteiger partial charge in [0.2, 0.25) is 0 Å². The number of hydrogen-bond acceptors (Lipinski definition) is 0. The molecule has 0 aromatic carbocycles. The van der Waals surface area contributed by atoms with Crippen LogP contribution in [-0.4, -0.2) is 32.9 Å². The van der Waals surface area contributed by atoms with Crippen molar-refractivity contribution in [1.82, 2.24) is 0 Å². The SMILES string of the molecule is CC(C)(C)P(CC[CH-]CCP(C(C)(C)C)C(C)(C)C)C(C)(C)C.[CH3-].[Pd+2]. The maximum Gasteiger partial charge on any atom is 2.00 e. The molecule has 0 fully saturated rings. The van der Waals surface area contributed by atoms with E-state index in [9.17, 15) is 0 Å². The van der Waals surface area contributed by atoms with Gasteiger partial charge in [0.25, 0.3) is 0 Å². The number of unbranched alkanes of at least 4 members (excludes halogenated alkanes) is 2. The molecule has 0 saturated heterocycles. The molecule has 0 heterocycles. The maximum absolute atomic E-state index is 2.60. The molecule has 0 bridgehead atoms. The van der Waals surface area contributed by atoms with Gasteiger partial charge in [0, 0.05) is 0 Å². The van der Waals surface area contributed by atoms with Crippen LogP contribution < -0.4 is 0 Å². The Morgan fingerprint density at radius 3 is 0.880 bits per heavy atom. The third-order valence-electron chi connectivity index (χ3n) is 4.35. The summed E-state index contributed by atoms with van der Waals surface area (Å²) in [6.07, 6.45) is 7.99. The topological polar surface area (TPSA) is 0 Å². The van der Waals surface area contributed by atoms with E-state index in [2.05, 4.69) is 89.5 Å². The Balaban J connectivity index is -0.00000242. The average molecular weight is 481 g/mol. The monoisotopic (exact) mass is 480 g/mol. The van der Waals surface area contributed by atoms with E-state index in [1.807, 2.05) is 0 Å². The Morgan fingerprint density at radius 1 is 0.520 bits per heavy atom. The molecule has 0 N–H and O–H groups in total. The van der Waals surface area contributed by atoms with Gasteiger partial charge in [0.05, 0.1) is 0 Å². The Morgan fingerprint density at radius 2 is 0.720 bits per heavy atom. The molecular weight excluding hydrogens is 433 g/mol. The minimum atomic E-state index is 0. The van der Waals surface area contributed by atoms with Crippen molar-refractivity contribution in [3.8, 4) is 0 Å². The first-order chi connectivity index (χ1) is 9.97. The average Bonchev–Trinajstić information content (AvgIpc) is 2.19. The summed E-state index contributed by atoms with van der Waals surface area (Å²) < 4.78 is 0. The normalized spacial score (nSPS) is 13.7. The van der Waals surface area contributed by atoms with Crippen LogP contribution in [0.4, 0.5) is 0 Å². The molecule has 0 aliphatic rings. The fourth-order valence-corrected chi connectivity index (χ4v) is 11.5. The third-order valence-corrected chi connectivity index (χ3v) is 12.2. The molecule has 0 aromatic rings. The summed E-state index contributed by atoms with van der Waals surface area (Å²) in [7, 11) is 0.108. The fraction of sp³-hybridized carbons (Fsp3) is 0.909. The Kier molecular flexibility index (Phi) is 14.4. The second kappa shape index (κ2) is 11.5. The second-order valence-corrected chi connectivity index (χ2v) is 18.8. The molecule has 0 aliphatic heterocycles. The minimum absolute atomic E-state index is 0. The Bertz CT molecular complexity index is 275. The molecule has 0 spiro atoms. The Labute approximate surface area is 178 Å². The van der Waals surface area contributed by atoms with Gasteiger partial charge in [-0.3, -0.25) is 0 Å². The standard InChI is InChI=1S/C21H45P2.CH3.Pd/c1-18(2,3)22(19(4,5)6)16-14-13-15-17-23(20(7,8)9)21(10,11)12;;/h13H,14-17H2,1-12H3;1H3;/q2*-1;+2. The van der Waals surface area contributed by atoms with Crippen molar-refractivity contribution in [3.05, 3.63) is 13.8 Å². The molecular formula is C22H48P2Pd. The Hall–Kier alpha value is 1.52. The smallest absolute Gasteiger partial charge is 0.358 e. The molecule has 0 unspecified atom stereocenters. The van der Waals surface area contributed by atoms with Crippen molar-refractivity contribution < 1.29 is 20.4 Å². The fourth-order valence-electron chi connectivity index (χ4n) is 3.94. The van der Waals surface area contributed by atoms with Crippen molar-refractivity contribution in [2.24, 2.45) is 0 Å². The second-order valence-electron chi connectivity index (χ2n) is 10.9. The molecule has 3 heteroatoms.